The second kappa shape index (κ2) is 6.48. The molecular weight excluding hydrogens is 314 g/mol. The quantitative estimate of drug-likeness (QED) is 0.860. The highest BCUT2D eigenvalue weighted by atomic mass is 16.5. The summed E-state index contributed by atoms with van der Waals surface area (Å²) in [5, 5.41) is 2.81. The number of amides is 4. The molecule has 2 atom stereocenters. The first kappa shape index (κ1) is 16.3. The fraction of sp³-hybridized carbons (Fsp3) is 0.438. The number of hydrogen-bond acceptors (Lipinski definition) is 5. The Hall–Kier alpha value is -2.61. The van der Waals surface area contributed by atoms with Crippen molar-refractivity contribution in [1.82, 2.24) is 10.2 Å². The van der Waals surface area contributed by atoms with Gasteiger partial charge in [0.05, 0.1) is 18.8 Å². The van der Waals surface area contributed by atoms with Crippen LogP contribution in [0.4, 0.5) is 10.5 Å². The van der Waals surface area contributed by atoms with Gasteiger partial charge in [0.2, 0.25) is 5.91 Å². The number of nitrogens with zero attached hydrogens (tertiary/aromatic N) is 2. The molecule has 2 saturated heterocycles. The van der Waals surface area contributed by atoms with Crippen LogP contribution in [0.15, 0.2) is 24.3 Å². The number of carbonyl (C=O) groups excluding carboxylic acids is 3. The number of fused-ring (bicyclic) bond motifs is 1. The first-order valence-corrected chi connectivity index (χ1v) is 7.63. The van der Waals surface area contributed by atoms with E-state index in [-0.39, 0.29) is 18.6 Å². The molecule has 0 radical (unpaired) electrons. The van der Waals surface area contributed by atoms with E-state index in [1.807, 2.05) is 0 Å². The second-order valence-electron chi connectivity index (χ2n) is 5.68. The zero-order chi connectivity index (χ0) is 17.3. The molecule has 3 rings (SSSR count). The molecule has 1 N–H and O–H groups in total. The number of carbonyl (C=O) groups is 3. The molecule has 2 heterocycles. The Bertz CT molecular complexity index is 677. The number of urea groups is 1. The average molecular weight is 333 g/mol. The Morgan fingerprint density at radius 2 is 2.12 bits per heavy atom. The topological polar surface area (TPSA) is 88.2 Å². The number of methoxy groups -OCH3 is 2. The molecule has 1 aromatic carbocycles. The molecule has 24 heavy (non-hydrogen) atoms. The number of nitrogens with one attached hydrogen (secondary N) is 1. The first-order valence-electron chi connectivity index (χ1n) is 7.63. The van der Waals surface area contributed by atoms with E-state index >= 15 is 0 Å². The van der Waals surface area contributed by atoms with Gasteiger partial charge in [0.25, 0.3) is 5.91 Å². The van der Waals surface area contributed by atoms with Crippen molar-refractivity contribution < 1.29 is 23.9 Å². The Balaban J connectivity index is 1.90. The zero-order valence-corrected chi connectivity index (χ0v) is 13.5. The van der Waals surface area contributed by atoms with Gasteiger partial charge >= 0.3 is 6.03 Å². The van der Waals surface area contributed by atoms with Crippen molar-refractivity contribution in [3.8, 4) is 5.75 Å². The Morgan fingerprint density at radius 3 is 2.83 bits per heavy atom. The van der Waals surface area contributed by atoms with Gasteiger partial charge in [-0.05, 0) is 18.6 Å². The highest BCUT2D eigenvalue weighted by Gasteiger charge is 2.49. The predicted molar refractivity (Wildman–Crippen MR) is 84.8 cm³/mol. The van der Waals surface area contributed by atoms with E-state index in [0.717, 1.165) is 4.90 Å². The standard InChI is InChI=1S/C16H19N3O5/c1-23-9-13(20)18-7-6-12-14(18)15(21)19(16(22)17-12)10-4-3-5-11(8-10)24-2/h3-5,8,12,14H,6-7,9H2,1-2H3,(H,17,22)/t12-,14-/m0/s1. The van der Waals surface area contributed by atoms with Crippen LogP contribution in [-0.4, -0.2) is 62.2 Å². The molecule has 2 aliphatic heterocycles. The van der Waals surface area contributed by atoms with Crippen LogP contribution in [0.1, 0.15) is 6.42 Å². The molecular formula is C16H19N3O5. The lowest BCUT2D eigenvalue weighted by Gasteiger charge is -2.36. The Morgan fingerprint density at radius 1 is 1.33 bits per heavy atom. The SMILES string of the molecule is COCC(=O)N1CC[C@@H]2NC(=O)N(c3cccc(OC)c3)C(=O)[C@H]21. The van der Waals surface area contributed by atoms with Gasteiger partial charge < -0.3 is 19.7 Å². The zero-order valence-electron chi connectivity index (χ0n) is 13.5. The lowest BCUT2D eigenvalue weighted by molar-refractivity contribution is -0.140. The number of ether oxygens (including phenoxy) is 2. The molecule has 0 aromatic heterocycles. The van der Waals surface area contributed by atoms with Crippen molar-refractivity contribution >= 4 is 23.5 Å². The van der Waals surface area contributed by atoms with E-state index in [1.165, 1.54) is 19.1 Å². The smallest absolute Gasteiger partial charge is 0.329 e. The van der Waals surface area contributed by atoms with Crippen molar-refractivity contribution in [3.63, 3.8) is 0 Å². The van der Waals surface area contributed by atoms with Crippen LogP contribution in [-0.2, 0) is 14.3 Å². The van der Waals surface area contributed by atoms with Crippen LogP contribution in [0.5, 0.6) is 5.75 Å². The second-order valence-corrected chi connectivity index (χ2v) is 5.68. The van der Waals surface area contributed by atoms with Gasteiger partial charge in [-0.2, -0.15) is 0 Å². The van der Waals surface area contributed by atoms with Gasteiger partial charge in [0.15, 0.2) is 0 Å². The molecule has 0 unspecified atom stereocenters. The van der Waals surface area contributed by atoms with Gasteiger partial charge in [-0.15, -0.1) is 0 Å². The summed E-state index contributed by atoms with van der Waals surface area (Å²) < 4.78 is 10.0. The van der Waals surface area contributed by atoms with Crippen LogP contribution >= 0.6 is 0 Å². The number of anilines is 1. The lowest BCUT2D eigenvalue weighted by Crippen LogP contribution is -2.65. The monoisotopic (exact) mass is 333 g/mol. The number of rotatable bonds is 4. The third kappa shape index (κ3) is 2.69. The van der Waals surface area contributed by atoms with Gasteiger partial charge in [0.1, 0.15) is 18.4 Å². The maximum absolute atomic E-state index is 12.9. The van der Waals surface area contributed by atoms with E-state index < -0.39 is 18.0 Å². The molecule has 2 fully saturated rings. The van der Waals surface area contributed by atoms with E-state index in [0.29, 0.717) is 24.4 Å². The molecule has 4 amide bonds. The summed E-state index contributed by atoms with van der Waals surface area (Å²) in [5.74, 6) is -0.145. The largest absolute Gasteiger partial charge is 0.497 e. The maximum Gasteiger partial charge on any atom is 0.329 e. The summed E-state index contributed by atoms with van der Waals surface area (Å²) >= 11 is 0. The number of imide groups is 1. The summed E-state index contributed by atoms with van der Waals surface area (Å²) in [6.45, 7) is 0.319. The van der Waals surface area contributed by atoms with Crippen molar-refractivity contribution in [2.24, 2.45) is 0 Å². The minimum atomic E-state index is -0.712. The third-order valence-corrected chi connectivity index (χ3v) is 4.28. The minimum absolute atomic E-state index is 0.0936. The molecule has 8 nitrogen and oxygen atoms in total. The van der Waals surface area contributed by atoms with Gasteiger partial charge in [0, 0.05) is 19.7 Å². The predicted octanol–water partition coefficient (Wildman–Crippen LogP) is 0.367. The van der Waals surface area contributed by atoms with E-state index in [1.54, 1.807) is 24.3 Å². The molecule has 0 spiro atoms. The summed E-state index contributed by atoms with van der Waals surface area (Å²) in [6, 6.07) is 5.11. The van der Waals surface area contributed by atoms with Crippen molar-refractivity contribution in [3.05, 3.63) is 24.3 Å². The molecule has 0 saturated carbocycles. The van der Waals surface area contributed by atoms with Crippen molar-refractivity contribution in [1.29, 1.82) is 0 Å². The third-order valence-electron chi connectivity index (χ3n) is 4.28. The highest BCUT2D eigenvalue weighted by molar-refractivity contribution is 6.19. The molecule has 2 aliphatic rings. The van der Waals surface area contributed by atoms with Gasteiger partial charge in [-0.3, -0.25) is 9.59 Å². The first-order chi connectivity index (χ1) is 11.6. The van der Waals surface area contributed by atoms with E-state index in [9.17, 15) is 14.4 Å². The number of benzene rings is 1. The van der Waals surface area contributed by atoms with Gasteiger partial charge in [-0.25, -0.2) is 9.69 Å². The molecule has 0 bridgehead atoms. The molecule has 128 valence electrons. The van der Waals surface area contributed by atoms with E-state index in [2.05, 4.69) is 5.32 Å². The van der Waals surface area contributed by atoms with Crippen LogP contribution in [0.3, 0.4) is 0 Å². The summed E-state index contributed by atoms with van der Waals surface area (Å²) in [4.78, 5) is 40.0. The lowest BCUT2D eigenvalue weighted by atomic mass is 10.0. The average Bonchev–Trinajstić information content (AvgIpc) is 2.99. The highest BCUT2D eigenvalue weighted by Crippen LogP contribution is 2.29. The summed E-state index contributed by atoms with van der Waals surface area (Å²) in [7, 11) is 2.94. The minimum Gasteiger partial charge on any atom is -0.497 e. The van der Waals surface area contributed by atoms with Crippen LogP contribution in [0.2, 0.25) is 0 Å². The fourth-order valence-corrected chi connectivity index (χ4v) is 3.18. The van der Waals surface area contributed by atoms with E-state index in [4.69, 9.17) is 9.47 Å². The Labute approximate surface area is 139 Å². The molecule has 8 heteroatoms. The van der Waals surface area contributed by atoms with Crippen molar-refractivity contribution in [2.75, 3.05) is 32.3 Å². The van der Waals surface area contributed by atoms with Crippen LogP contribution < -0.4 is 15.0 Å². The van der Waals surface area contributed by atoms with Crippen LogP contribution in [0, 0.1) is 0 Å². The maximum atomic E-state index is 12.9. The number of likely N-dealkylation sites (tertiary alicyclic amines) is 1. The molecule has 0 aliphatic carbocycles. The normalized spacial score (nSPS) is 23.1. The summed E-state index contributed by atoms with van der Waals surface area (Å²) in [6.07, 6.45) is 0.545. The summed E-state index contributed by atoms with van der Waals surface area (Å²) in [5.41, 5.74) is 0.404. The van der Waals surface area contributed by atoms with Gasteiger partial charge in [-0.1, -0.05) is 6.07 Å². The number of hydrogen-bond donors (Lipinski definition) is 1. The molecule has 1 aromatic rings. The van der Waals surface area contributed by atoms with Crippen molar-refractivity contribution in [2.45, 2.75) is 18.5 Å². The fourth-order valence-electron chi connectivity index (χ4n) is 3.18. The Kier molecular flexibility index (Phi) is 4.39. The van der Waals surface area contributed by atoms with Crippen LogP contribution in [0.25, 0.3) is 0 Å².